The molecule has 3 rings (SSSR count). The molecule has 1 saturated heterocycles. The third-order valence-corrected chi connectivity index (χ3v) is 6.56. The summed E-state index contributed by atoms with van der Waals surface area (Å²) in [6.07, 6.45) is 1.56. The van der Waals surface area contributed by atoms with Crippen LogP contribution in [0, 0.1) is 13.8 Å². The highest BCUT2D eigenvalue weighted by molar-refractivity contribution is 7.89. The Hall–Kier alpha value is -2.19. The maximum Gasteiger partial charge on any atom is 0.257 e. The number of hydrogen-bond acceptors (Lipinski definition) is 4. The number of hydrogen-bond donors (Lipinski definition) is 0. The molecule has 1 aromatic heterocycles. The molecule has 0 bridgehead atoms. The topological polar surface area (TPSA) is 75.5 Å². The Kier molecular flexibility index (Phi) is 4.66. The number of amides is 1. The molecule has 0 atom stereocenters. The van der Waals surface area contributed by atoms with E-state index in [1.165, 1.54) is 4.31 Å². The second-order valence-corrected chi connectivity index (χ2v) is 8.21. The SMILES string of the molecule is Cc1ccc(S(=O)(=O)N2CCN(C(=O)c3cnn(C)c3C)CC2)cc1. The average molecular weight is 362 g/mol. The lowest BCUT2D eigenvalue weighted by molar-refractivity contribution is 0.0697. The number of benzene rings is 1. The Balaban J connectivity index is 1.70. The Morgan fingerprint density at radius 1 is 1.04 bits per heavy atom. The first-order chi connectivity index (χ1) is 11.8. The first-order valence-corrected chi connectivity index (χ1v) is 9.59. The summed E-state index contributed by atoms with van der Waals surface area (Å²) in [5.41, 5.74) is 2.39. The smallest absolute Gasteiger partial charge is 0.257 e. The number of piperazine rings is 1. The van der Waals surface area contributed by atoms with Crippen molar-refractivity contribution in [2.24, 2.45) is 7.05 Å². The van der Waals surface area contributed by atoms with Crippen molar-refractivity contribution in [3.8, 4) is 0 Å². The van der Waals surface area contributed by atoms with Crippen molar-refractivity contribution in [1.29, 1.82) is 0 Å². The minimum atomic E-state index is -3.52. The number of carbonyl (C=O) groups is 1. The molecule has 2 aromatic rings. The van der Waals surface area contributed by atoms with Crippen LogP contribution in [0.4, 0.5) is 0 Å². The normalized spacial score (nSPS) is 16.2. The quantitative estimate of drug-likeness (QED) is 0.822. The number of carbonyl (C=O) groups excluding carboxylic acids is 1. The fraction of sp³-hybridized carbons (Fsp3) is 0.412. The van der Waals surface area contributed by atoms with Crippen molar-refractivity contribution in [3.63, 3.8) is 0 Å². The van der Waals surface area contributed by atoms with Crippen LogP contribution in [0.1, 0.15) is 21.6 Å². The molecule has 7 nitrogen and oxygen atoms in total. The number of aromatic nitrogens is 2. The summed E-state index contributed by atoms with van der Waals surface area (Å²) in [6.45, 7) is 5.10. The summed E-state index contributed by atoms with van der Waals surface area (Å²) in [5.74, 6) is -0.0991. The van der Waals surface area contributed by atoms with Gasteiger partial charge in [0.1, 0.15) is 0 Å². The Bertz CT molecular complexity index is 879. The van der Waals surface area contributed by atoms with Gasteiger partial charge in [-0.05, 0) is 26.0 Å². The van der Waals surface area contributed by atoms with E-state index in [0.717, 1.165) is 11.3 Å². The van der Waals surface area contributed by atoms with Gasteiger partial charge in [-0.3, -0.25) is 9.48 Å². The number of rotatable bonds is 3. The molecule has 1 aromatic carbocycles. The number of nitrogens with zero attached hydrogens (tertiary/aromatic N) is 4. The standard InChI is InChI=1S/C17H22N4O3S/c1-13-4-6-15(7-5-13)25(23,24)21-10-8-20(9-11-21)17(22)16-12-18-19(3)14(16)2/h4-7,12H,8-11H2,1-3H3. The zero-order valence-corrected chi connectivity index (χ0v) is 15.5. The highest BCUT2D eigenvalue weighted by Crippen LogP contribution is 2.19. The van der Waals surface area contributed by atoms with E-state index in [1.807, 2.05) is 13.8 Å². The molecule has 1 aliphatic heterocycles. The highest BCUT2D eigenvalue weighted by atomic mass is 32.2. The van der Waals surface area contributed by atoms with Gasteiger partial charge < -0.3 is 4.90 Å². The molecule has 134 valence electrons. The maximum atomic E-state index is 12.7. The van der Waals surface area contributed by atoms with Crippen molar-refractivity contribution in [2.45, 2.75) is 18.7 Å². The Morgan fingerprint density at radius 3 is 2.16 bits per heavy atom. The predicted molar refractivity (Wildman–Crippen MR) is 93.8 cm³/mol. The molecule has 0 radical (unpaired) electrons. The molecule has 0 saturated carbocycles. The molecule has 0 spiro atoms. The van der Waals surface area contributed by atoms with E-state index in [4.69, 9.17) is 0 Å². The summed E-state index contributed by atoms with van der Waals surface area (Å²) < 4.78 is 28.5. The van der Waals surface area contributed by atoms with Gasteiger partial charge in [0, 0.05) is 38.9 Å². The first-order valence-electron chi connectivity index (χ1n) is 8.15. The minimum absolute atomic E-state index is 0.0991. The van der Waals surface area contributed by atoms with Crippen LogP contribution in [0.5, 0.6) is 0 Å². The number of sulfonamides is 1. The molecular weight excluding hydrogens is 340 g/mol. The molecule has 1 fully saturated rings. The van der Waals surface area contributed by atoms with Gasteiger partial charge in [-0.2, -0.15) is 9.40 Å². The molecule has 1 aliphatic rings. The van der Waals surface area contributed by atoms with Gasteiger partial charge in [-0.25, -0.2) is 8.42 Å². The Labute approximate surface area is 147 Å². The van der Waals surface area contributed by atoms with Crippen molar-refractivity contribution in [3.05, 3.63) is 47.3 Å². The summed E-state index contributed by atoms with van der Waals surface area (Å²) in [7, 11) is -1.73. The van der Waals surface area contributed by atoms with E-state index in [2.05, 4.69) is 5.10 Å². The number of aryl methyl sites for hydroxylation is 2. The zero-order chi connectivity index (χ0) is 18.2. The predicted octanol–water partition coefficient (Wildman–Crippen LogP) is 1.18. The van der Waals surface area contributed by atoms with Crippen molar-refractivity contribution in [2.75, 3.05) is 26.2 Å². The molecular formula is C17H22N4O3S. The van der Waals surface area contributed by atoms with Crippen molar-refractivity contribution >= 4 is 15.9 Å². The van der Waals surface area contributed by atoms with Crippen LogP contribution < -0.4 is 0 Å². The lowest BCUT2D eigenvalue weighted by atomic mass is 10.2. The van der Waals surface area contributed by atoms with E-state index in [9.17, 15) is 13.2 Å². The third kappa shape index (κ3) is 3.32. The van der Waals surface area contributed by atoms with Gasteiger partial charge in [0.15, 0.2) is 0 Å². The fourth-order valence-corrected chi connectivity index (χ4v) is 4.29. The molecule has 8 heteroatoms. The van der Waals surface area contributed by atoms with Crippen LogP contribution in [0.15, 0.2) is 35.4 Å². The Morgan fingerprint density at radius 2 is 1.64 bits per heavy atom. The molecule has 2 heterocycles. The minimum Gasteiger partial charge on any atom is -0.336 e. The van der Waals surface area contributed by atoms with Gasteiger partial charge in [-0.15, -0.1) is 0 Å². The zero-order valence-electron chi connectivity index (χ0n) is 14.6. The van der Waals surface area contributed by atoms with E-state index in [1.54, 1.807) is 47.1 Å². The van der Waals surface area contributed by atoms with Gasteiger partial charge in [0.25, 0.3) is 5.91 Å². The van der Waals surface area contributed by atoms with Gasteiger partial charge in [0.2, 0.25) is 10.0 Å². The van der Waals surface area contributed by atoms with Gasteiger partial charge >= 0.3 is 0 Å². The van der Waals surface area contributed by atoms with Crippen molar-refractivity contribution in [1.82, 2.24) is 19.0 Å². The highest BCUT2D eigenvalue weighted by Gasteiger charge is 2.31. The van der Waals surface area contributed by atoms with Gasteiger partial charge in [0.05, 0.1) is 16.7 Å². The lowest BCUT2D eigenvalue weighted by Gasteiger charge is -2.34. The first kappa shape index (κ1) is 17.6. The summed E-state index contributed by atoms with van der Waals surface area (Å²) in [5, 5.41) is 4.10. The lowest BCUT2D eigenvalue weighted by Crippen LogP contribution is -2.50. The molecule has 1 amide bonds. The largest absolute Gasteiger partial charge is 0.336 e. The summed E-state index contributed by atoms with van der Waals surface area (Å²) >= 11 is 0. The van der Waals surface area contributed by atoms with Crippen LogP contribution in [0.3, 0.4) is 0 Å². The van der Waals surface area contributed by atoms with Crippen LogP contribution in [0.25, 0.3) is 0 Å². The average Bonchev–Trinajstić information content (AvgIpc) is 2.94. The van der Waals surface area contributed by atoms with E-state index >= 15 is 0 Å². The van der Waals surface area contributed by atoms with Crippen LogP contribution >= 0.6 is 0 Å². The summed E-state index contributed by atoms with van der Waals surface area (Å²) in [6, 6.07) is 6.83. The van der Waals surface area contributed by atoms with Gasteiger partial charge in [-0.1, -0.05) is 17.7 Å². The van der Waals surface area contributed by atoms with E-state index in [0.29, 0.717) is 36.6 Å². The van der Waals surface area contributed by atoms with Crippen molar-refractivity contribution < 1.29 is 13.2 Å². The monoisotopic (exact) mass is 362 g/mol. The fourth-order valence-electron chi connectivity index (χ4n) is 2.87. The molecule has 25 heavy (non-hydrogen) atoms. The van der Waals surface area contributed by atoms with E-state index < -0.39 is 10.0 Å². The van der Waals surface area contributed by atoms with Crippen LogP contribution in [0.2, 0.25) is 0 Å². The molecule has 0 N–H and O–H groups in total. The molecule has 0 unspecified atom stereocenters. The van der Waals surface area contributed by atoms with E-state index in [-0.39, 0.29) is 5.91 Å². The second-order valence-electron chi connectivity index (χ2n) is 6.28. The maximum absolute atomic E-state index is 12.7. The summed E-state index contributed by atoms with van der Waals surface area (Å²) in [4.78, 5) is 14.6. The van der Waals surface area contributed by atoms with Crippen LogP contribution in [-0.4, -0.2) is 59.5 Å². The van der Waals surface area contributed by atoms with Crippen LogP contribution in [-0.2, 0) is 17.1 Å². The second kappa shape index (κ2) is 6.61. The third-order valence-electron chi connectivity index (χ3n) is 4.65. The molecule has 0 aliphatic carbocycles.